The fourth-order valence-electron chi connectivity index (χ4n) is 3.93. The fraction of sp³-hybridized carbons (Fsp3) is 0.269. The molecule has 0 unspecified atom stereocenters. The molecular weight excluding hydrogens is 442 g/mol. The molecule has 1 aliphatic heterocycles. The quantitative estimate of drug-likeness (QED) is 0.485. The lowest BCUT2D eigenvalue weighted by molar-refractivity contribution is -0.140. The molecule has 0 fully saturated rings. The maximum absolute atomic E-state index is 15.1. The van der Waals surface area contributed by atoms with Crippen LogP contribution in [0.3, 0.4) is 0 Å². The molecule has 0 saturated carbocycles. The number of halogens is 2. The number of carbonyl (C=O) groups excluding carboxylic acids is 1. The normalized spacial score (nSPS) is 13.1. The molecule has 2 heterocycles. The molecule has 0 aliphatic carbocycles. The summed E-state index contributed by atoms with van der Waals surface area (Å²) in [6.45, 7) is 5.29. The number of hydrogen-bond donors (Lipinski definition) is 1. The Labute approximate surface area is 195 Å². The van der Waals surface area contributed by atoms with Gasteiger partial charge in [0.2, 0.25) is 0 Å². The Bertz CT molecular complexity index is 1300. The molecule has 3 aromatic rings. The first kappa shape index (κ1) is 23.4. The average Bonchev–Trinajstić information content (AvgIpc) is 3.24. The van der Waals surface area contributed by atoms with Gasteiger partial charge in [0.15, 0.2) is 11.6 Å². The molecule has 34 heavy (non-hydrogen) atoms. The molecule has 0 bridgehead atoms. The third-order valence-electron chi connectivity index (χ3n) is 5.85. The lowest BCUT2D eigenvalue weighted by Crippen LogP contribution is -2.12. The summed E-state index contributed by atoms with van der Waals surface area (Å²) in [6.07, 6.45) is 0.823. The van der Waals surface area contributed by atoms with Crippen molar-refractivity contribution < 1.29 is 28.3 Å². The number of aromatic hydroxyl groups is 1. The topological polar surface area (TPSA) is 81.0 Å². The molecule has 6 nitrogen and oxygen atoms in total. The molecule has 176 valence electrons. The van der Waals surface area contributed by atoms with Crippen molar-refractivity contribution in [3.63, 3.8) is 0 Å². The van der Waals surface area contributed by atoms with Crippen LogP contribution in [-0.2, 0) is 22.5 Å². The Morgan fingerprint density at radius 1 is 1.15 bits per heavy atom. The standard InChI is InChI=1S/C26H24F2N2O4/c1-4-16-6-5-7-19(25(16)28)26-21(31)9-8-17(29-26)11-20-14(2)10-22(24(27)15(20)3)33-13-18-12-23(32)34-30-18/h5-10,31H,4,11-13H2,1-3H3. The smallest absolute Gasteiger partial charge is 0.340 e. The van der Waals surface area contributed by atoms with Crippen molar-refractivity contribution in [1.29, 1.82) is 0 Å². The van der Waals surface area contributed by atoms with E-state index in [-0.39, 0.29) is 42.2 Å². The van der Waals surface area contributed by atoms with Crippen molar-refractivity contribution in [3.05, 3.63) is 76.0 Å². The van der Waals surface area contributed by atoms with Gasteiger partial charge in [0.25, 0.3) is 0 Å². The summed E-state index contributed by atoms with van der Waals surface area (Å²) in [5, 5.41) is 14.0. The Morgan fingerprint density at radius 3 is 2.65 bits per heavy atom. The number of ether oxygens (including phenoxy) is 1. The molecule has 2 aromatic carbocycles. The number of rotatable bonds is 7. The SMILES string of the molecule is CCc1cccc(-c2nc(Cc3c(C)cc(OCC4=NOC(=O)C4)c(F)c3C)ccc2O)c1F. The van der Waals surface area contributed by atoms with E-state index in [4.69, 9.17) is 4.74 Å². The number of carbonyl (C=O) groups is 1. The predicted octanol–water partition coefficient (Wildman–Crippen LogP) is 5.18. The summed E-state index contributed by atoms with van der Waals surface area (Å²) in [7, 11) is 0. The first-order chi connectivity index (χ1) is 16.3. The summed E-state index contributed by atoms with van der Waals surface area (Å²) in [4.78, 5) is 20.1. The number of nitrogens with zero attached hydrogens (tertiary/aromatic N) is 2. The zero-order valence-corrected chi connectivity index (χ0v) is 19.1. The van der Waals surface area contributed by atoms with Crippen LogP contribution in [0.15, 0.2) is 41.6 Å². The summed E-state index contributed by atoms with van der Waals surface area (Å²) < 4.78 is 35.5. The number of aromatic nitrogens is 1. The molecular formula is C26H24F2N2O4. The highest BCUT2D eigenvalue weighted by atomic mass is 19.1. The highest BCUT2D eigenvalue weighted by Gasteiger charge is 2.21. The van der Waals surface area contributed by atoms with Gasteiger partial charge in [0.05, 0.1) is 6.42 Å². The van der Waals surface area contributed by atoms with E-state index in [1.165, 1.54) is 6.07 Å². The number of aryl methyl sites for hydroxylation is 2. The largest absolute Gasteiger partial charge is 0.506 e. The number of oxime groups is 1. The van der Waals surface area contributed by atoms with Gasteiger partial charge in [0, 0.05) is 17.7 Å². The van der Waals surface area contributed by atoms with E-state index in [1.54, 1.807) is 37.3 Å². The van der Waals surface area contributed by atoms with Crippen molar-refractivity contribution in [2.45, 2.75) is 40.0 Å². The second-order valence-corrected chi connectivity index (χ2v) is 8.17. The summed E-state index contributed by atoms with van der Waals surface area (Å²) in [6, 6.07) is 9.70. The highest BCUT2D eigenvalue weighted by Crippen LogP contribution is 2.33. The minimum Gasteiger partial charge on any atom is -0.506 e. The number of hydrogen-bond acceptors (Lipinski definition) is 6. The minimum atomic E-state index is -0.521. The van der Waals surface area contributed by atoms with E-state index in [0.29, 0.717) is 34.5 Å². The zero-order chi connectivity index (χ0) is 24.4. The van der Waals surface area contributed by atoms with Gasteiger partial charge in [-0.3, -0.25) is 0 Å². The van der Waals surface area contributed by atoms with Crippen LogP contribution in [0.1, 0.15) is 41.3 Å². The molecule has 1 aromatic heterocycles. The maximum atomic E-state index is 15.1. The second kappa shape index (κ2) is 9.59. The van der Waals surface area contributed by atoms with Crippen molar-refractivity contribution in [2.24, 2.45) is 5.16 Å². The summed E-state index contributed by atoms with van der Waals surface area (Å²) >= 11 is 0. The first-order valence-corrected chi connectivity index (χ1v) is 10.9. The Morgan fingerprint density at radius 2 is 1.94 bits per heavy atom. The second-order valence-electron chi connectivity index (χ2n) is 8.17. The van der Waals surface area contributed by atoms with Gasteiger partial charge >= 0.3 is 5.97 Å². The fourth-order valence-corrected chi connectivity index (χ4v) is 3.93. The lowest BCUT2D eigenvalue weighted by Gasteiger charge is -2.16. The third kappa shape index (κ3) is 4.62. The van der Waals surface area contributed by atoms with Gasteiger partial charge < -0.3 is 14.7 Å². The molecule has 0 atom stereocenters. The maximum Gasteiger partial charge on any atom is 0.340 e. The third-order valence-corrected chi connectivity index (χ3v) is 5.85. The van der Waals surface area contributed by atoms with Crippen molar-refractivity contribution in [2.75, 3.05) is 6.61 Å². The number of benzene rings is 2. The van der Waals surface area contributed by atoms with E-state index in [0.717, 1.165) is 5.56 Å². The van der Waals surface area contributed by atoms with Crippen molar-refractivity contribution in [3.8, 4) is 22.8 Å². The minimum absolute atomic E-state index is 0.0221. The van der Waals surface area contributed by atoms with Gasteiger partial charge in [-0.15, -0.1) is 0 Å². The summed E-state index contributed by atoms with van der Waals surface area (Å²) in [5.41, 5.74) is 3.75. The lowest BCUT2D eigenvalue weighted by atomic mass is 9.96. The average molecular weight is 466 g/mol. The van der Waals surface area contributed by atoms with Crippen LogP contribution in [0.25, 0.3) is 11.3 Å². The molecule has 0 saturated heterocycles. The van der Waals surface area contributed by atoms with E-state index in [1.807, 2.05) is 13.8 Å². The Kier molecular flexibility index (Phi) is 6.58. The Balaban J connectivity index is 1.61. The van der Waals surface area contributed by atoms with Gasteiger partial charge in [-0.2, -0.15) is 0 Å². The van der Waals surface area contributed by atoms with Crippen LogP contribution in [0.2, 0.25) is 0 Å². The van der Waals surface area contributed by atoms with Crippen LogP contribution in [0.5, 0.6) is 11.5 Å². The van der Waals surface area contributed by atoms with Crippen LogP contribution in [0.4, 0.5) is 8.78 Å². The molecule has 0 amide bonds. The van der Waals surface area contributed by atoms with E-state index in [9.17, 15) is 14.3 Å². The van der Waals surface area contributed by atoms with Crippen LogP contribution in [-0.4, -0.2) is 28.4 Å². The van der Waals surface area contributed by atoms with Gasteiger partial charge in [-0.1, -0.05) is 24.2 Å². The molecule has 4 rings (SSSR count). The molecule has 8 heteroatoms. The number of pyridine rings is 1. The van der Waals surface area contributed by atoms with Crippen LogP contribution in [0, 0.1) is 25.5 Å². The van der Waals surface area contributed by atoms with Crippen LogP contribution >= 0.6 is 0 Å². The Hall–Kier alpha value is -3.81. The zero-order valence-electron chi connectivity index (χ0n) is 19.1. The van der Waals surface area contributed by atoms with Crippen molar-refractivity contribution >= 4 is 11.7 Å². The predicted molar refractivity (Wildman–Crippen MR) is 123 cm³/mol. The monoisotopic (exact) mass is 466 g/mol. The van der Waals surface area contributed by atoms with E-state index >= 15 is 4.39 Å². The first-order valence-electron chi connectivity index (χ1n) is 10.9. The van der Waals surface area contributed by atoms with E-state index < -0.39 is 17.6 Å². The molecule has 0 radical (unpaired) electrons. The highest BCUT2D eigenvalue weighted by molar-refractivity contribution is 6.02. The van der Waals surface area contributed by atoms with Gasteiger partial charge in [-0.25, -0.2) is 18.6 Å². The molecule has 1 aliphatic rings. The van der Waals surface area contributed by atoms with E-state index in [2.05, 4.69) is 15.0 Å². The van der Waals surface area contributed by atoms with Crippen molar-refractivity contribution in [1.82, 2.24) is 4.98 Å². The van der Waals surface area contributed by atoms with Gasteiger partial charge in [0.1, 0.15) is 29.6 Å². The molecule has 0 spiro atoms. The van der Waals surface area contributed by atoms with Crippen LogP contribution < -0.4 is 4.74 Å². The molecule has 1 N–H and O–H groups in total. The summed E-state index contributed by atoms with van der Waals surface area (Å²) in [5.74, 6) is -1.48. The van der Waals surface area contributed by atoms with Gasteiger partial charge in [-0.05, 0) is 66.8 Å².